The minimum absolute atomic E-state index is 0.0505. The maximum Gasteiger partial charge on any atom is 0.227 e. The Bertz CT molecular complexity index is 1070. The smallest absolute Gasteiger partial charge is 0.227 e. The van der Waals surface area contributed by atoms with Crippen LogP contribution in [0.25, 0.3) is 22.3 Å². The van der Waals surface area contributed by atoms with Gasteiger partial charge in [-0.25, -0.2) is 15.0 Å². The number of pyridine rings is 1. The van der Waals surface area contributed by atoms with E-state index in [1.807, 2.05) is 35.7 Å². The van der Waals surface area contributed by atoms with Crippen molar-refractivity contribution < 1.29 is 4.79 Å². The van der Waals surface area contributed by atoms with Gasteiger partial charge >= 0.3 is 0 Å². The van der Waals surface area contributed by atoms with Gasteiger partial charge in [0.05, 0.1) is 16.9 Å². The number of aromatic nitrogens is 4. The predicted octanol–water partition coefficient (Wildman–Crippen LogP) is 4.09. The molecular formula is C18H13N5OS. The van der Waals surface area contributed by atoms with Crippen LogP contribution in [0, 0.1) is 0 Å². The molecule has 4 aromatic rings. The number of rotatable bonds is 4. The van der Waals surface area contributed by atoms with Gasteiger partial charge in [0.15, 0.2) is 10.8 Å². The number of Topliss-reactive ketones (excluding diaryl/α,β-unsaturated/α-hetero) is 1. The molecule has 122 valence electrons. The highest BCUT2D eigenvalue weighted by molar-refractivity contribution is 7.12. The summed E-state index contributed by atoms with van der Waals surface area (Å²) in [6.07, 6.45) is 3.42. The summed E-state index contributed by atoms with van der Waals surface area (Å²) in [5, 5.41) is 6.54. The fourth-order valence-corrected chi connectivity index (χ4v) is 3.15. The van der Waals surface area contributed by atoms with E-state index in [9.17, 15) is 4.79 Å². The molecule has 6 nitrogen and oxygen atoms in total. The van der Waals surface area contributed by atoms with Crippen molar-refractivity contribution in [3.8, 4) is 11.4 Å². The van der Waals surface area contributed by atoms with Crippen LogP contribution >= 0.6 is 11.3 Å². The van der Waals surface area contributed by atoms with Crippen molar-refractivity contribution in [2.45, 2.75) is 6.92 Å². The van der Waals surface area contributed by atoms with Crippen LogP contribution in [0.4, 0.5) is 11.6 Å². The molecule has 3 heterocycles. The lowest BCUT2D eigenvalue weighted by atomic mass is 10.2. The molecular weight excluding hydrogens is 334 g/mol. The summed E-state index contributed by atoms with van der Waals surface area (Å²) < 4.78 is 0. The molecule has 0 saturated heterocycles. The number of ketones is 1. The maximum absolute atomic E-state index is 11.4. The Kier molecular flexibility index (Phi) is 3.91. The molecule has 1 aromatic carbocycles. The number of carbonyl (C=O) groups excluding carboxylic acids is 1. The van der Waals surface area contributed by atoms with Crippen molar-refractivity contribution in [1.82, 2.24) is 19.9 Å². The van der Waals surface area contributed by atoms with E-state index < -0.39 is 0 Å². The first-order chi connectivity index (χ1) is 12.2. The topological polar surface area (TPSA) is 80.7 Å². The number of benzene rings is 1. The number of carbonyl (C=O) groups is 1. The zero-order valence-corrected chi connectivity index (χ0v) is 14.1. The van der Waals surface area contributed by atoms with Crippen molar-refractivity contribution >= 4 is 39.7 Å². The van der Waals surface area contributed by atoms with E-state index in [1.165, 1.54) is 18.3 Å². The molecule has 25 heavy (non-hydrogen) atoms. The Morgan fingerprint density at radius 3 is 2.72 bits per heavy atom. The Morgan fingerprint density at radius 1 is 1.00 bits per heavy atom. The summed E-state index contributed by atoms with van der Waals surface area (Å²) in [6, 6.07) is 11.6. The van der Waals surface area contributed by atoms with Crippen molar-refractivity contribution in [1.29, 1.82) is 0 Å². The minimum atomic E-state index is -0.0505. The fraction of sp³-hybridized carbons (Fsp3) is 0.0556. The Morgan fingerprint density at radius 2 is 1.88 bits per heavy atom. The Hall–Kier alpha value is -3.19. The SMILES string of the molecule is CC(=O)c1nc(-c2ccnc(Nc3cccc4cccnc34)n2)cs1. The second-order valence-corrected chi connectivity index (χ2v) is 6.22. The van der Waals surface area contributed by atoms with E-state index in [4.69, 9.17) is 0 Å². The average Bonchev–Trinajstić information content (AvgIpc) is 3.13. The normalized spacial score (nSPS) is 10.8. The van der Waals surface area contributed by atoms with E-state index in [0.717, 1.165) is 16.6 Å². The van der Waals surface area contributed by atoms with Gasteiger partial charge in [0, 0.05) is 30.1 Å². The van der Waals surface area contributed by atoms with Crippen LogP contribution in [-0.2, 0) is 0 Å². The van der Waals surface area contributed by atoms with Gasteiger partial charge in [-0.05, 0) is 18.2 Å². The van der Waals surface area contributed by atoms with Gasteiger partial charge in [-0.15, -0.1) is 11.3 Å². The number of para-hydroxylation sites is 1. The molecule has 0 saturated carbocycles. The zero-order chi connectivity index (χ0) is 17.2. The molecule has 0 amide bonds. The maximum atomic E-state index is 11.4. The van der Waals surface area contributed by atoms with Crippen LogP contribution < -0.4 is 5.32 Å². The van der Waals surface area contributed by atoms with Crippen LogP contribution in [0.1, 0.15) is 16.7 Å². The lowest BCUT2D eigenvalue weighted by Gasteiger charge is -2.08. The highest BCUT2D eigenvalue weighted by atomic mass is 32.1. The summed E-state index contributed by atoms with van der Waals surface area (Å²) in [6.45, 7) is 1.50. The second kappa shape index (κ2) is 6.37. The predicted molar refractivity (Wildman–Crippen MR) is 98.2 cm³/mol. The molecule has 3 aromatic heterocycles. The molecule has 0 radical (unpaired) electrons. The highest BCUT2D eigenvalue weighted by Gasteiger charge is 2.10. The van der Waals surface area contributed by atoms with Crippen LogP contribution in [-0.4, -0.2) is 25.7 Å². The third-order valence-corrected chi connectivity index (χ3v) is 4.55. The van der Waals surface area contributed by atoms with Crippen molar-refractivity contribution in [3.63, 3.8) is 0 Å². The second-order valence-electron chi connectivity index (χ2n) is 5.37. The molecule has 0 aliphatic rings. The number of anilines is 2. The number of hydrogen-bond donors (Lipinski definition) is 1. The van der Waals surface area contributed by atoms with E-state index >= 15 is 0 Å². The third kappa shape index (κ3) is 3.09. The van der Waals surface area contributed by atoms with Gasteiger partial charge in [0.25, 0.3) is 0 Å². The van der Waals surface area contributed by atoms with Gasteiger partial charge in [-0.2, -0.15) is 0 Å². The first-order valence-corrected chi connectivity index (χ1v) is 8.49. The van der Waals surface area contributed by atoms with Gasteiger partial charge in [0.1, 0.15) is 5.69 Å². The molecule has 4 rings (SSSR count). The Balaban J connectivity index is 1.68. The molecule has 0 aliphatic heterocycles. The van der Waals surface area contributed by atoms with E-state index in [2.05, 4.69) is 25.3 Å². The fourth-order valence-electron chi connectivity index (χ4n) is 2.44. The summed E-state index contributed by atoms with van der Waals surface area (Å²) in [5.41, 5.74) is 3.01. The van der Waals surface area contributed by atoms with E-state index in [0.29, 0.717) is 22.3 Å². The van der Waals surface area contributed by atoms with Gasteiger partial charge in [0.2, 0.25) is 5.95 Å². The lowest BCUT2D eigenvalue weighted by molar-refractivity contribution is 0.101. The van der Waals surface area contributed by atoms with Gasteiger partial charge < -0.3 is 5.32 Å². The minimum Gasteiger partial charge on any atom is -0.322 e. The van der Waals surface area contributed by atoms with Crippen molar-refractivity contribution in [2.24, 2.45) is 0 Å². The number of thiazole rings is 1. The summed E-state index contributed by atoms with van der Waals surface area (Å²) >= 11 is 1.31. The quantitative estimate of drug-likeness (QED) is 0.560. The van der Waals surface area contributed by atoms with Gasteiger partial charge in [-0.1, -0.05) is 18.2 Å². The number of fused-ring (bicyclic) bond motifs is 1. The summed E-state index contributed by atoms with van der Waals surface area (Å²) in [4.78, 5) is 28.9. The number of hydrogen-bond acceptors (Lipinski definition) is 7. The third-order valence-electron chi connectivity index (χ3n) is 3.60. The molecule has 0 aliphatic carbocycles. The average molecular weight is 347 g/mol. The van der Waals surface area contributed by atoms with Crippen molar-refractivity contribution in [2.75, 3.05) is 5.32 Å². The molecule has 0 unspecified atom stereocenters. The summed E-state index contributed by atoms with van der Waals surface area (Å²) in [5.74, 6) is 0.401. The van der Waals surface area contributed by atoms with E-state index in [-0.39, 0.29) is 5.78 Å². The monoisotopic (exact) mass is 347 g/mol. The van der Waals surface area contributed by atoms with Gasteiger partial charge in [-0.3, -0.25) is 9.78 Å². The first kappa shape index (κ1) is 15.3. The molecule has 0 spiro atoms. The first-order valence-electron chi connectivity index (χ1n) is 7.61. The molecule has 1 N–H and O–H groups in total. The molecule has 0 bridgehead atoms. The molecule has 7 heteroatoms. The molecule has 0 atom stereocenters. The lowest BCUT2D eigenvalue weighted by Crippen LogP contribution is -1.99. The number of nitrogens with one attached hydrogen (secondary N) is 1. The highest BCUT2D eigenvalue weighted by Crippen LogP contribution is 2.25. The molecule has 0 fully saturated rings. The Labute approximate surface area is 147 Å². The van der Waals surface area contributed by atoms with Crippen LogP contribution in [0.2, 0.25) is 0 Å². The van der Waals surface area contributed by atoms with E-state index in [1.54, 1.807) is 18.5 Å². The largest absolute Gasteiger partial charge is 0.322 e. The zero-order valence-electron chi connectivity index (χ0n) is 13.3. The van der Waals surface area contributed by atoms with Crippen molar-refractivity contribution in [3.05, 3.63) is 59.2 Å². The van der Waals surface area contributed by atoms with Crippen LogP contribution in [0.5, 0.6) is 0 Å². The summed E-state index contributed by atoms with van der Waals surface area (Å²) in [7, 11) is 0. The number of nitrogens with zero attached hydrogens (tertiary/aromatic N) is 4. The standard InChI is InChI=1S/C18H13N5OS/c1-11(24)17-21-15(10-25-17)13-7-9-20-18(22-13)23-14-6-2-4-12-5-3-8-19-16(12)14/h2-10H,1H3,(H,20,22,23). The van der Waals surface area contributed by atoms with Crippen LogP contribution in [0.15, 0.2) is 54.2 Å². The van der Waals surface area contributed by atoms with Crippen LogP contribution in [0.3, 0.4) is 0 Å².